The molecular formula is C33H30BrN3O3S. The molecule has 1 atom stereocenters. The Morgan fingerprint density at radius 1 is 0.829 bits per heavy atom. The highest BCUT2D eigenvalue weighted by Gasteiger charge is 2.17. The summed E-state index contributed by atoms with van der Waals surface area (Å²) in [4.78, 5) is 39.8. The van der Waals surface area contributed by atoms with Gasteiger partial charge in [0.15, 0.2) is 0 Å². The number of hydrogen-bond donors (Lipinski definition) is 3. The van der Waals surface area contributed by atoms with Gasteiger partial charge >= 0.3 is 0 Å². The lowest BCUT2D eigenvalue weighted by Gasteiger charge is -2.15. The molecule has 4 aromatic carbocycles. The molecule has 0 radical (unpaired) electrons. The summed E-state index contributed by atoms with van der Waals surface area (Å²) < 4.78 is 0.852. The Balaban J connectivity index is 1.43. The number of halogens is 1. The number of hydrogen-bond acceptors (Lipinski definition) is 4. The van der Waals surface area contributed by atoms with Crippen LogP contribution in [-0.4, -0.2) is 23.0 Å². The van der Waals surface area contributed by atoms with Gasteiger partial charge in [-0.1, -0.05) is 64.0 Å². The monoisotopic (exact) mass is 627 g/mol. The Morgan fingerprint density at radius 2 is 1.56 bits per heavy atom. The predicted molar refractivity (Wildman–Crippen MR) is 171 cm³/mol. The first-order valence-electron chi connectivity index (χ1n) is 13.0. The lowest BCUT2D eigenvalue weighted by molar-refractivity contribution is -0.115. The summed E-state index contributed by atoms with van der Waals surface area (Å²) in [5, 5.41) is 8.27. The molecule has 0 aromatic heterocycles. The smallest absolute Gasteiger partial charge is 0.272 e. The second-order valence-corrected chi connectivity index (χ2v) is 11.8. The summed E-state index contributed by atoms with van der Waals surface area (Å²) in [6.45, 7) is 5.84. The molecule has 0 aliphatic heterocycles. The largest absolute Gasteiger partial charge is 0.325 e. The highest BCUT2D eigenvalue weighted by atomic mass is 79.9. The van der Waals surface area contributed by atoms with Crippen molar-refractivity contribution in [3.8, 4) is 0 Å². The standard InChI is InChI=1S/C33H30BrN3O3S/c1-21-12-17-29(22(2)18-21)36-31(38)23(3)41-28-15-13-27(14-16-28)35-33(40)30(20-24-8-7-11-26(34)19-24)37-32(39)25-9-5-4-6-10-25/h4-20,23H,1-3H3,(H,35,40)(H,36,38)(H,37,39)/b30-20-. The van der Waals surface area contributed by atoms with E-state index in [1.165, 1.54) is 11.8 Å². The number of rotatable bonds is 9. The van der Waals surface area contributed by atoms with Crippen molar-refractivity contribution in [2.24, 2.45) is 0 Å². The summed E-state index contributed by atoms with van der Waals surface area (Å²) in [5.74, 6) is -0.937. The van der Waals surface area contributed by atoms with Crippen molar-refractivity contribution in [3.05, 3.63) is 129 Å². The van der Waals surface area contributed by atoms with Crippen LogP contribution in [0.25, 0.3) is 6.08 Å². The lowest BCUT2D eigenvalue weighted by Crippen LogP contribution is -2.30. The van der Waals surface area contributed by atoms with Crippen molar-refractivity contribution in [2.45, 2.75) is 30.9 Å². The highest BCUT2D eigenvalue weighted by molar-refractivity contribution is 9.10. The zero-order valence-electron chi connectivity index (χ0n) is 22.9. The number of thioether (sulfide) groups is 1. The van der Waals surface area contributed by atoms with Gasteiger partial charge in [0.05, 0.1) is 5.25 Å². The van der Waals surface area contributed by atoms with Crippen molar-refractivity contribution in [1.29, 1.82) is 0 Å². The van der Waals surface area contributed by atoms with Gasteiger partial charge in [-0.25, -0.2) is 0 Å². The minimum Gasteiger partial charge on any atom is -0.325 e. The molecule has 3 N–H and O–H groups in total. The number of anilines is 2. The summed E-state index contributed by atoms with van der Waals surface area (Å²) in [5.41, 5.74) is 4.81. The maximum absolute atomic E-state index is 13.3. The van der Waals surface area contributed by atoms with E-state index in [0.29, 0.717) is 11.3 Å². The van der Waals surface area contributed by atoms with Gasteiger partial charge < -0.3 is 16.0 Å². The fourth-order valence-electron chi connectivity index (χ4n) is 3.97. The van der Waals surface area contributed by atoms with Crippen LogP contribution in [0.5, 0.6) is 0 Å². The fourth-order valence-corrected chi connectivity index (χ4v) is 5.25. The van der Waals surface area contributed by atoms with Crippen LogP contribution in [-0.2, 0) is 9.59 Å². The van der Waals surface area contributed by atoms with Crippen LogP contribution >= 0.6 is 27.7 Å². The van der Waals surface area contributed by atoms with Crippen molar-refractivity contribution in [3.63, 3.8) is 0 Å². The summed E-state index contributed by atoms with van der Waals surface area (Å²) in [6.07, 6.45) is 1.63. The van der Waals surface area contributed by atoms with E-state index < -0.39 is 5.91 Å². The van der Waals surface area contributed by atoms with Gasteiger partial charge in [0, 0.05) is 26.3 Å². The van der Waals surface area contributed by atoms with E-state index >= 15 is 0 Å². The van der Waals surface area contributed by atoms with E-state index in [0.717, 1.165) is 31.7 Å². The van der Waals surface area contributed by atoms with Crippen molar-refractivity contribution in [1.82, 2.24) is 5.32 Å². The van der Waals surface area contributed by atoms with Gasteiger partial charge in [0.1, 0.15) is 5.70 Å². The van der Waals surface area contributed by atoms with E-state index in [1.54, 1.807) is 42.5 Å². The lowest BCUT2D eigenvalue weighted by atomic mass is 10.1. The Morgan fingerprint density at radius 3 is 2.24 bits per heavy atom. The third kappa shape index (κ3) is 8.67. The Bertz CT molecular complexity index is 1590. The zero-order valence-corrected chi connectivity index (χ0v) is 25.3. The van der Waals surface area contributed by atoms with Crippen LogP contribution in [0, 0.1) is 13.8 Å². The molecule has 0 bridgehead atoms. The molecule has 208 valence electrons. The van der Waals surface area contributed by atoms with Crippen LogP contribution < -0.4 is 16.0 Å². The number of benzene rings is 4. The predicted octanol–water partition coefficient (Wildman–Crippen LogP) is 7.59. The van der Waals surface area contributed by atoms with E-state index in [9.17, 15) is 14.4 Å². The van der Waals surface area contributed by atoms with E-state index in [-0.39, 0.29) is 22.8 Å². The molecule has 4 aromatic rings. The first kappa shape index (κ1) is 29.8. The second-order valence-electron chi connectivity index (χ2n) is 9.48. The number of amides is 3. The molecule has 0 spiro atoms. The van der Waals surface area contributed by atoms with Crippen LogP contribution in [0.3, 0.4) is 0 Å². The van der Waals surface area contributed by atoms with Gasteiger partial charge in [0.25, 0.3) is 11.8 Å². The summed E-state index contributed by atoms with van der Waals surface area (Å²) in [7, 11) is 0. The SMILES string of the molecule is Cc1ccc(NC(=O)C(C)Sc2ccc(NC(=O)/C(=C/c3cccc(Br)c3)NC(=O)c3ccccc3)cc2)c(C)c1. The van der Waals surface area contributed by atoms with E-state index in [2.05, 4.69) is 31.9 Å². The van der Waals surface area contributed by atoms with Crippen molar-refractivity contribution >= 4 is 62.9 Å². The van der Waals surface area contributed by atoms with E-state index in [1.807, 2.05) is 81.4 Å². The third-order valence-electron chi connectivity index (χ3n) is 6.12. The highest BCUT2D eigenvalue weighted by Crippen LogP contribution is 2.26. The molecule has 0 saturated carbocycles. The number of carbonyl (C=O) groups excluding carboxylic acids is 3. The number of nitrogens with one attached hydrogen (secondary N) is 3. The molecule has 6 nitrogen and oxygen atoms in total. The minimum absolute atomic E-state index is 0.0872. The van der Waals surface area contributed by atoms with Gasteiger partial charge in [-0.15, -0.1) is 11.8 Å². The van der Waals surface area contributed by atoms with Crippen LogP contribution in [0.2, 0.25) is 0 Å². The maximum atomic E-state index is 13.3. The summed E-state index contributed by atoms with van der Waals surface area (Å²) in [6, 6.07) is 29.3. The van der Waals surface area contributed by atoms with Crippen molar-refractivity contribution < 1.29 is 14.4 Å². The summed E-state index contributed by atoms with van der Waals surface area (Å²) >= 11 is 4.87. The first-order valence-corrected chi connectivity index (χ1v) is 14.6. The first-order chi connectivity index (χ1) is 19.7. The zero-order chi connectivity index (χ0) is 29.4. The normalized spacial score (nSPS) is 11.9. The Kier molecular flexibility index (Phi) is 10.2. The van der Waals surface area contributed by atoms with Gasteiger partial charge in [-0.3, -0.25) is 14.4 Å². The number of carbonyl (C=O) groups is 3. The molecule has 3 amide bonds. The van der Waals surface area contributed by atoms with Crippen molar-refractivity contribution in [2.75, 3.05) is 10.6 Å². The molecule has 0 saturated heterocycles. The molecule has 1 unspecified atom stereocenters. The molecular weight excluding hydrogens is 598 g/mol. The molecule has 41 heavy (non-hydrogen) atoms. The molecule has 4 rings (SSSR count). The number of aryl methyl sites for hydroxylation is 2. The van der Waals surface area contributed by atoms with E-state index in [4.69, 9.17) is 0 Å². The van der Waals surface area contributed by atoms with Gasteiger partial charge in [0.2, 0.25) is 5.91 Å². The Hall–Kier alpha value is -4.14. The molecule has 0 heterocycles. The fraction of sp³-hybridized carbons (Fsp3) is 0.121. The molecule has 0 aliphatic carbocycles. The third-order valence-corrected chi connectivity index (χ3v) is 7.73. The topological polar surface area (TPSA) is 87.3 Å². The second kappa shape index (κ2) is 14.0. The van der Waals surface area contributed by atoms with Crippen LogP contribution in [0.1, 0.15) is 34.0 Å². The van der Waals surface area contributed by atoms with Gasteiger partial charge in [-0.05, 0) is 92.6 Å². The quantitative estimate of drug-likeness (QED) is 0.132. The van der Waals surface area contributed by atoms with Crippen LogP contribution in [0.4, 0.5) is 11.4 Å². The Labute approximate surface area is 252 Å². The van der Waals surface area contributed by atoms with Gasteiger partial charge in [-0.2, -0.15) is 0 Å². The maximum Gasteiger partial charge on any atom is 0.272 e. The molecule has 8 heteroatoms. The minimum atomic E-state index is -0.462. The molecule has 0 fully saturated rings. The van der Waals surface area contributed by atoms with Crippen LogP contribution in [0.15, 0.2) is 112 Å². The molecule has 0 aliphatic rings. The average Bonchev–Trinajstić information content (AvgIpc) is 2.95. The average molecular weight is 629 g/mol.